The van der Waals surface area contributed by atoms with Crippen LogP contribution >= 0.6 is 0 Å². The van der Waals surface area contributed by atoms with Gasteiger partial charge in [-0.15, -0.1) is 0 Å². The zero-order valence-electron chi connectivity index (χ0n) is 10.5. The molecule has 3 heteroatoms. The number of ether oxygens (including phenoxy) is 1. The number of rotatable bonds is 2. The molecule has 0 spiro atoms. The van der Waals surface area contributed by atoms with Crippen molar-refractivity contribution in [1.82, 2.24) is 0 Å². The topological polar surface area (TPSA) is 38.3 Å². The summed E-state index contributed by atoms with van der Waals surface area (Å²) in [6.07, 6.45) is 1.85. The highest BCUT2D eigenvalue weighted by atomic mass is 16.5. The summed E-state index contributed by atoms with van der Waals surface area (Å²) in [5.41, 5.74) is 3.16. The first kappa shape index (κ1) is 11.5. The number of hydrogen-bond donors (Lipinski definition) is 1. The summed E-state index contributed by atoms with van der Waals surface area (Å²) < 4.78 is 5.11. The maximum Gasteiger partial charge on any atom is 0.211 e. The van der Waals surface area contributed by atoms with E-state index < -0.39 is 0 Å². The SMILES string of the molecule is COc1ccc(/C=C2/Nc3ccccc3C2=O)cc1. The molecule has 0 amide bonds. The summed E-state index contributed by atoms with van der Waals surface area (Å²) >= 11 is 0. The lowest BCUT2D eigenvalue weighted by molar-refractivity contribution is 0.104. The van der Waals surface area contributed by atoms with E-state index in [1.807, 2.05) is 54.6 Å². The predicted molar refractivity (Wildman–Crippen MR) is 75.4 cm³/mol. The molecular formula is C16H13NO2. The number of benzene rings is 2. The molecule has 1 aliphatic rings. The standard InChI is InChI=1S/C16H13NO2/c1-19-12-8-6-11(7-9-12)10-15-16(18)13-4-2-3-5-14(13)17-15/h2-10,17H,1H3/b15-10+. The molecule has 2 aromatic rings. The van der Waals surface area contributed by atoms with E-state index in [2.05, 4.69) is 5.32 Å². The number of nitrogens with one attached hydrogen (secondary N) is 1. The van der Waals surface area contributed by atoms with Gasteiger partial charge in [0.2, 0.25) is 5.78 Å². The minimum absolute atomic E-state index is 0.0337. The molecule has 1 aliphatic heterocycles. The Labute approximate surface area is 111 Å². The number of anilines is 1. The zero-order chi connectivity index (χ0) is 13.2. The molecule has 3 rings (SSSR count). The number of carbonyl (C=O) groups excluding carboxylic acids is 1. The van der Waals surface area contributed by atoms with Gasteiger partial charge in [-0.25, -0.2) is 0 Å². The van der Waals surface area contributed by atoms with Crippen molar-refractivity contribution in [1.29, 1.82) is 0 Å². The molecule has 0 atom stereocenters. The van der Waals surface area contributed by atoms with Gasteiger partial charge >= 0.3 is 0 Å². The molecule has 0 saturated carbocycles. The lowest BCUT2D eigenvalue weighted by Gasteiger charge is -2.01. The Morgan fingerprint density at radius 2 is 1.79 bits per heavy atom. The van der Waals surface area contributed by atoms with E-state index in [0.717, 1.165) is 22.6 Å². The van der Waals surface area contributed by atoms with Crippen molar-refractivity contribution in [2.45, 2.75) is 0 Å². The van der Waals surface area contributed by atoms with Gasteiger partial charge in [-0.3, -0.25) is 4.79 Å². The number of carbonyl (C=O) groups is 1. The van der Waals surface area contributed by atoms with Gasteiger partial charge in [0, 0.05) is 11.3 Å². The van der Waals surface area contributed by atoms with E-state index in [1.165, 1.54) is 0 Å². The minimum Gasteiger partial charge on any atom is -0.497 e. The number of fused-ring (bicyclic) bond motifs is 1. The number of allylic oxidation sites excluding steroid dienone is 1. The molecular weight excluding hydrogens is 238 g/mol. The van der Waals surface area contributed by atoms with Crippen molar-refractivity contribution in [2.24, 2.45) is 0 Å². The second kappa shape index (κ2) is 4.61. The maximum atomic E-state index is 12.2. The molecule has 0 bridgehead atoms. The summed E-state index contributed by atoms with van der Waals surface area (Å²) in [7, 11) is 1.63. The fraction of sp³-hybridized carbons (Fsp3) is 0.0625. The van der Waals surface area contributed by atoms with Crippen molar-refractivity contribution >= 4 is 17.5 Å². The Morgan fingerprint density at radius 3 is 2.47 bits per heavy atom. The van der Waals surface area contributed by atoms with Gasteiger partial charge in [0.1, 0.15) is 5.75 Å². The van der Waals surface area contributed by atoms with E-state index in [0.29, 0.717) is 5.70 Å². The molecule has 3 nitrogen and oxygen atoms in total. The summed E-state index contributed by atoms with van der Waals surface area (Å²) in [5, 5.41) is 3.14. The average Bonchev–Trinajstić information content (AvgIpc) is 2.77. The van der Waals surface area contributed by atoms with E-state index in [1.54, 1.807) is 7.11 Å². The zero-order valence-corrected chi connectivity index (χ0v) is 10.5. The Kier molecular flexibility index (Phi) is 2.80. The third-order valence-electron chi connectivity index (χ3n) is 3.11. The molecule has 19 heavy (non-hydrogen) atoms. The van der Waals surface area contributed by atoms with Gasteiger partial charge < -0.3 is 10.1 Å². The Balaban J connectivity index is 1.92. The number of hydrogen-bond acceptors (Lipinski definition) is 3. The van der Waals surface area contributed by atoms with Crippen LogP contribution < -0.4 is 10.1 Å². The van der Waals surface area contributed by atoms with Crippen molar-refractivity contribution in [3.8, 4) is 5.75 Å². The van der Waals surface area contributed by atoms with Crippen LogP contribution in [0.15, 0.2) is 54.2 Å². The second-order valence-corrected chi connectivity index (χ2v) is 4.33. The number of ketones is 1. The van der Waals surface area contributed by atoms with Crippen molar-refractivity contribution in [3.05, 3.63) is 65.4 Å². The molecule has 0 radical (unpaired) electrons. The van der Waals surface area contributed by atoms with Gasteiger partial charge in [-0.05, 0) is 35.9 Å². The van der Waals surface area contributed by atoms with E-state index >= 15 is 0 Å². The molecule has 1 heterocycles. The molecule has 0 fully saturated rings. The van der Waals surface area contributed by atoms with Gasteiger partial charge in [0.25, 0.3) is 0 Å². The number of Topliss-reactive ketones (excluding diaryl/α,β-unsaturated/α-hetero) is 1. The smallest absolute Gasteiger partial charge is 0.211 e. The molecule has 0 unspecified atom stereocenters. The Bertz CT molecular complexity index is 657. The second-order valence-electron chi connectivity index (χ2n) is 4.33. The van der Waals surface area contributed by atoms with Crippen LogP contribution in [0.5, 0.6) is 5.75 Å². The molecule has 94 valence electrons. The highest BCUT2D eigenvalue weighted by Gasteiger charge is 2.23. The van der Waals surface area contributed by atoms with Crippen molar-refractivity contribution in [2.75, 3.05) is 12.4 Å². The molecule has 0 saturated heterocycles. The maximum absolute atomic E-state index is 12.2. The Morgan fingerprint density at radius 1 is 1.05 bits per heavy atom. The van der Waals surface area contributed by atoms with Crippen LogP contribution in [0, 0.1) is 0 Å². The lowest BCUT2D eigenvalue weighted by atomic mass is 10.1. The molecule has 1 N–H and O–H groups in total. The third-order valence-corrected chi connectivity index (χ3v) is 3.11. The van der Waals surface area contributed by atoms with Crippen LogP contribution in [0.3, 0.4) is 0 Å². The summed E-state index contributed by atoms with van der Waals surface area (Å²) in [5.74, 6) is 0.836. The van der Waals surface area contributed by atoms with Crippen LogP contribution in [0.25, 0.3) is 6.08 Å². The summed E-state index contributed by atoms with van der Waals surface area (Å²) in [6, 6.07) is 15.1. The molecule has 0 aromatic heterocycles. The first-order valence-electron chi connectivity index (χ1n) is 6.04. The first-order valence-corrected chi connectivity index (χ1v) is 6.04. The summed E-state index contributed by atoms with van der Waals surface area (Å²) in [6.45, 7) is 0. The number of para-hydroxylation sites is 1. The monoisotopic (exact) mass is 251 g/mol. The molecule has 0 aliphatic carbocycles. The van der Waals surface area contributed by atoms with Gasteiger partial charge in [0.05, 0.1) is 12.8 Å². The van der Waals surface area contributed by atoms with E-state index in [9.17, 15) is 4.79 Å². The van der Waals surface area contributed by atoms with Crippen molar-refractivity contribution < 1.29 is 9.53 Å². The lowest BCUT2D eigenvalue weighted by Crippen LogP contribution is -1.99. The van der Waals surface area contributed by atoms with Gasteiger partial charge in [0.15, 0.2) is 0 Å². The predicted octanol–water partition coefficient (Wildman–Crippen LogP) is 3.34. The Hall–Kier alpha value is -2.55. The van der Waals surface area contributed by atoms with Crippen LogP contribution in [-0.4, -0.2) is 12.9 Å². The normalized spacial score (nSPS) is 15.2. The average molecular weight is 251 g/mol. The molecule has 2 aromatic carbocycles. The first-order chi connectivity index (χ1) is 9.28. The highest BCUT2D eigenvalue weighted by molar-refractivity contribution is 6.20. The van der Waals surface area contributed by atoms with Crippen LogP contribution in [-0.2, 0) is 0 Å². The van der Waals surface area contributed by atoms with Gasteiger partial charge in [-0.2, -0.15) is 0 Å². The minimum atomic E-state index is 0.0337. The van der Waals surface area contributed by atoms with E-state index in [-0.39, 0.29) is 5.78 Å². The summed E-state index contributed by atoms with van der Waals surface area (Å²) in [4.78, 5) is 12.2. The fourth-order valence-corrected chi connectivity index (χ4v) is 2.11. The fourth-order valence-electron chi connectivity index (χ4n) is 2.11. The van der Waals surface area contributed by atoms with E-state index in [4.69, 9.17) is 4.74 Å². The van der Waals surface area contributed by atoms with Crippen LogP contribution in [0.4, 0.5) is 5.69 Å². The number of methoxy groups -OCH3 is 1. The van der Waals surface area contributed by atoms with Crippen LogP contribution in [0.2, 0.25) is 0 Å². The quantitative estimate of drug-likeness (QED) is 0.832. The van der Waals surface area contributed by atoms with Crippen LogP contribution in [0.1, 0.15) is 15.9 Å². The largest absolute Gasteiger partial charge is 0.497 e. The third kappa shape index (κ3) is 2.10. The highest BCUT2D eigenvalue weighted by Crippen LogP contribution is 2.28. The van der Waals surface area contributed by atoms with Crippen molar-refractivity contribution in [3.63, 3.8) is 0 Å². The van der Waals surface area contributed by atoms with Gasteiger partial charge in [-0.1, -0.05) is 24.3 Å².